The minimum Gasteiger partial charge on any atom is -0.494 e. The maximum Gasteiger partial charge on any atom is 0.268 e. The molecule has 1 aliphatic heterocycles. The van der Waals surface area contributed by atoms with Crippen LogP contribution in [0.1, 0.15) is 30.2 Å². The largest absolute Gasteiger partial charge is 0.494 e. The van der Waals surface area contributed by atoms with Crippen LogP contribution < -0.4 is 4.74 Å². The van der Waals surface area contributed by atoms with E-state index >= 15 is 0 Å². The summed E-state index contributed by atoms with van der Waals surface area (Å²) in [5.74, 6) is 1.33. The lowest BCUT2D eigenvalue weighted by Gasteiger charge is -2.15. The molecule has 0 atom stereocenters. The van der Waals surface area contributed by atoms with E-state index in [0.29, 0.717) is 28.4 Å². The van der Waals surface area contributed by atoms with Crippen molar-refractivity contribution >= 4 is 29.1 Å². The maximum atomic E-state index is 13.3. The van der Waals surface area contributed by atoms with Crippen LogP contribution in [0.2, 0.25) is 0 Å². The van der Waals surface area contributed by atoms with Crippen LogP contribution in [-0.4, -0.2) is 28.3 Å². The van der Waals surface area contributed by atoms with Gasteiger partial charge in [-0.3, -0.25) is 19.5 Å². The first-order valence-corrected chi connectivity index (χ1v) is 11.0. The lowest BCUT2D eigenvalue weighted by Crippen LogP contribution is -2.31. The highest BCUT2D eigenvalue weighted by molar-refractivity contribution is 8.03. The Morgan fingerprint density at radius 3 is 2.58 bits per heavy atom. The summed E-state index contributed by atoms with van der Waals surface area (Å²) < 4.78 is 11.0. The number of nitrogens with zero attached hydrogens (tertiary/aromatic N) is 2. The molecule has 0 saturated heterocycles. The van der Waals surface area contributed by atoms with Crippen molar-refractivity contribution in [2.45, 2.75) is 25.6 Å². The van der Waals surface area contributed by atoms with Crippen molar-refractivity contribution in [3.05, 3.63) is 89.0 Å². The molecule has 6 nitrogen and oxygen atoms in total. The number of amides is 2. The summed E-state index contributed by atoms with van der Waals surface area (Å²) in [6.07, 6.45) is 5.83. The van der Waals surface area contributed by atoms with E-state index in [1.165, 1.54) is 16.7 Å². The SMILES string of the molecule is CCCOc1ccc(C2=C(SCc3ccco3)C(=O)N(Cc3cccnc3)C2=O)cc1. The van der Waals surface area contributed by atoms with Gasteiger partial charge in [0.15, 0.2) is 0 Å². The fourth-order valence-electron chi connectivity index (χ4n) is 3.24. The third-order valence-corrected chi connectivity index (χ3v) is 5.84. The van der Waals surface area contributed by atoms with Crippen LogP contribution in [0.5, 0.6) is 5.75 Å². The van der Waals surface area contributed by atoms with E-state index in [2.05, 4.69) is 4.98 Å². The number of benzene rings is 1. The molecule has 3 aromatic rings. The number of hydrogen-bond donors (Lipinski definition) is 0. The Balaban J connectivity index is 1.63. The Morgan fingerprint density at radius 2 is 1.90 bits per heavy atom. The standard InChI is InChI=1S/C24H22N2O4S/c1-2-12-29-19-9-7-18(8-10-19)21-22(31-16-20-6-4-13-30-20)24(28)26(23(21)27)15-17-5-3-11-25-14-17/h3-11,13-14H,2,12,15-16H2,1H3. The predicted octanol–water partition coefficient (Wildman–Crippen LogP) is 4.68. The van der Waals surface area contributed by atoms with Crippen LogP contribution >= 0.6 is 11.8 Å². The molecule has 2 aromatic heterocycles. The first-order valence-electron chi connectivity index (χ1n) is 10.0. The molecule has 158 valence electrons. The Morgan fingerprint density at radius 1 is 1.06 bits per heavy atom. The van der Waals surface area contributed by atoms with E-state index in [-0.39, 0.29) is 18.4 Å². The van der Waals surface area contributed by atoms with Gasteiger partial charge in [-0.05, 0) is 47.9 Å². The van der Waals surface area contributed by atoms with E-state index in [1.807, 2.05) is 43.3 Å². The summed E-state index contributed by atoms with van der Waals surface area (Å²) in [7, 11) is 0. The third-order valence-electron chi connectivity index (χ3n) is 4.74. The first kappa shape index (κ1) is 20.9. The molecular formula is C24H22N2O4S. The molecule has 0 fully saturated rings. The Bertz CT molecular complexity index is 1080. The molecule has 0 aliphatic carbocycles. The molecule has 0 unspecified atom stereocenters. The molecule has 0 saturated carbocycles. The Kier molecular flexibility index (Phi) is 6.52. The van der Waals surface area contributed by atoms with Crippen LogP contribution in [-0.2, 0) is 21.9 Å². The van der Waals surface area contributed by atoms with Gasteiger partial charge < -0.3 is 9.15 Å². The summed E-state index contributed by atoms with van der Waals surface area (Å²) in [5, 5.41) is 0. The fourth-order valence-corrected chi connectivity index (χ4v) is 4.27. The van der Waals surface area contributed by atoms with Crippen LogP contribution in [0.4, 0.5) is 0 Å². The second-order valence-electron chi connectivity index (χ2n) is 7.00. The third kappa shape index (κ3) is 4.72. The quantitative estimate of drug-likeness (QED) is 0.456. The zero-order valence-corrected chi connectivity index (χ0v) is 17.9. The van der Waals surface area contributed by atoms with Crippen molar-refractivity contribution in [1.29, 1.82) is 0 Å². The van der Waals surface area contributed by atoms with Crippen molar-refractivity contribution in [1.82, 2.24) is 9.88 Å². The Labute approximate surface area is 184 Å². The van der Waals surface area contributed by atoms with Crippen molar-refractivity contribution in [2.24, 2.45) is 0 Å². The molecule has 1 aromatic carbocycles. The van der Waals surface area contributed by atoms with Gasteiger partial charge in [-0.1, -0.05) is 25.1 Å². The summed E-state index contributed by atoms with van der Waals surface area (Å²) in [6, 6.07) is 14.6. The van der Waals surface area contributed by atoms with E-state index in [1.54, 1.807) is 30.8 Å². The smallest absolute Gasteiger partial charge is 0.268 e. The molecule has 4 rings (SSSR count). The lowest BCUT2D eigenvalue weighted by molar-refractivity contribution is -0.137. The summed E-state index contributed by atoms with van der Waals surface area (Å²) in [5.41, 5.74) is 1.90. The zero-order valence-electron chi connectivity index (χ0n) is 17.1. The monoisotopic (exact) mass is 434 g/mol. The van der Waals surface area contributed by atoms with E-state index < -0.39 is 0 Å². The second-order valence-corrected chi connectivity index (χ2v) is 7.99. The van der Waals surface area contributed by atoms with E-state index in [9.17, 15) is 9.59 Å². The molecule has 2 amide bonds. The first-order chi connectivity index (χ1) is 15.2. The van der Waals surface area contributed by atoms with Crippen molar-refractivity contribution < 1.29 is 18.7 Å². The van der Waals surface area contributed by atoms with Gasteiger partial charge in [-0.2, -0.15) is 0 Å². The highest BCUT2D eigenvalue weighted by Gasteiger charge is 2.39. The van der Waals surface area contributed by atoms with Gasteiger partial charge in [0, 0.05) is 12.4 Å². The van der Waals surface area contributed by atoms with Gasteiger partial charge in [0.2, 0.25) is 0 Å². The van der Waals surface area contributed by atoms with Gasteiger partial charge >= 0.3 is 0 Å². The minimum absolute atomic E-state index is 0.178. The van der Waals surface area contributed by atoms with E-state index in [0.717, 1.165) is 23.5 Å². The number of aromatic nitrogens is 1. The molecule has 0 radical (unpaired) electrons. The molecule has 0 bridgehead atoms. The van der Waals surface area contributed by atoms with Gasteiger partial charge in [-0.15, -0.1) is 11.8 Å². The van der Waals surface area contributed by atoms with Crippen LogP contribution in [0.3, 0.4) is 0 Å². The fraction of sp³-hybridized carbons (Fsp3) is 0.208. The number of carbonyl (C=O) groups is 2. The number of carbonyl (C=O) groups excluding carboxylic acids is 2. The van der Waals surface area contributed by atoms with Gasteiger partial charge in [0.25, 0.3) is 11.8 Å². The average Bonchev–Trinajstić information content (AvgIpc) is 3.40. The number of hydrogen-bond acceptors (Lipinski definition) is 6. The number of rotatable bonds is 9. The number of ether oxygens (including phenoxy) is 1. The highest BCUT2D eigenvalue weighted by Crippen LogP contribution is 2.38. The Hall–Kier alpha value is -3.32. The number of pyridine rings is 1. The normalized spacial score (nSPS) is 13.9. The highest BCUT2D eigenvalue weighted by atomic mass is 32.2. The van der Waals surface area contributed by atoms with Crippen LogP contribution in [0, 0.1) is 0 Å². The number of furan rings is 1. The van der Waals surface area contributed by atoms with Crippen molar-refractivity contribution in [3.63, 3.8) is 0 Å². The second kappa shape index (κ2) is 9.66. The summed E-state index contributed by atoms with van der Waals surface area (Å²) in [4.78, 5) is 32.3. The van der Waals surface area contributed by atoms with Crippen molar-refractivity contribution in [2.75, 3.05) is 6.61 Å². The summed E-state index contributed by atoms with van der Waals surface area (Å²) >= 11 is 1.32. The molecule has 0 spiro atoms. The molecule has 0 N–H and O–H groups in total. The predicted molar refractivity (Wildman–Crippen MR) is 119 cm³/mol. The maximum absolute atomic E-state index is 13.3. The topological polar surface area (TPSA) is 72.6 Å². The van der Waals surface area contributed by atoms with Crippen LogP contribution in [0.25, 0.3) is 5.57 Å². The van der Waals surface area contributed by atoms with Crippen LogP contribution in [0.15, 0.2) is 76.5 Å². The molecular weight excluding hydrogens is 412 g/mol. The zero-order chi connectivity index (χ0) is 21.6. The summed E-state index contributed by atoms with van der Waals surface area (Å²) in [6.45, 7) is 2.85. The molecule has 1 aliphatic rings. The average molecular weight is 435 g/mol. The minimum atomic E-state index is -0.307. The number of thioether (sulfide) groups is 1. The molecule has 3 heterocycles. The number of imide groups is 1. The lowest BCUT2D eigenvalue weighted by atomic mass is 10.1. The molecule has 31 heavy (non-hydrogen) atoms. The van der Waals surface area contributed by atoms with Gasteiger partial charge in [0.1, 0.15) is 11.5 Å². The van der Waals surface area contributed by atoms with Crippen molar-refractivity contribution in [3.8, 4) is 5.75 Å². The molecule has 7 heteroatoms. The van der Waals surface area contributed by atoms with E-state index in [4.69, 9.17) is 9.15 Å². The van der Waals surface area contributed by atoms with Gasteiger partial charge in [0.05, 0.1) is 35.6 Å². The van der Waals surface area contributed by atoms with Gasteiger partial charge in [-0.25, -0.2) is 0 Å².